The van der Waals surface area contributed by atoms with Crippen LogP contribution in [0.5, 0.6) is 0 Å². The maximum Gasteiger partial charge on any atom is 0.324 e. The van der Waals surface area contributed by atoms with Gasteiger partial charge in [0.05, 0.1) is 4.90 Å². The highest BCUT2D eigenvalue weighted by atomic mass is 33.1. The molecule has 4 N–H and O–H groups in total. The Balaban J connectivity index is 3.11. The first-order valence-corrected chi connectivity index (χ1v) is 6.87. The molecule has 0 atom stereocenters. The SMILES string of the molecule is CN(C)c1ccc([NH3+])c(SS(=O)(=O)O)c1. The van der Waals surface area contributed by atoms with E-state index in [-0.39, 0.29) is 0 Å². The molecule has 0 fully saturated rings. The lowest BCUT2D eigenvalue weighted by molar-refractivity contribution is -0.258. The Kier molecular flexibility index (Phi) is 3.61. The Hall–Kier alpha value is -0.760. The van der Waals surface area contributed by atoms with Crippen LogP contribution in [-0.4, -0.2) is 27.1 Å². The van der Waals surface area contributed by atoms with Crippen molar-refractivity contribution in [2.24, 2.45) is 0 Å². The van der Waals surface area contributed by atoms with E-state index in [1.165, 1.54) is 0 Å². The molecule has 0 radical (unpaired) electrons. The minimum absolute atomic E-state index is 0.398. The predicted octanol–water partition coefficient (Wildman–Crippen LogP) is 0.521. The van der Waals surface area contributed by atoms with Crippen molar-refractivity contribution >= 4 is 31.3 Å². The summed E-state index contributed by atoms with van der Waals surface area (Å²) >= 11 is 0. The fourth-order valence-corrected chi connectivity index (χ4v) is 2.73. The van der Waals surface area contributed by atoms with Crippen LogP contribution < -0.4 is 10.6 Å². The molecule has 0 aliphatic heterocycles. The van der Waals surface area contributed by atoms with Gasteiger partial charge >= 0.3 is 9.15 Å². The molecule has 1 rings (SSSR count). The molecular weight excluding hydrogens is 236 g/mol. The first-order chi connectivity index (χ1) is 6.79. The molecule has 5 nitrogen and oxygen atoms in total. The van der Waals surface area contributed by atoms with E-state index in [9.17, 15) is 8.42 Å². The number of hydrogen-bond acceptors (Lipinski definition) is 4. The Morgan fingerprint density at radius 3 is 2.47 bits per heavy atom. The number of rotatable bonds is 3. The zero-order chi connectivity index (χ0) is 11.6. The molecule has 0 heterocycles. The van der Waals surface area contributed by atoms with E-state index < -0.39 is 9.15 Å². The third-order valence-corrected chi connectivity index (χ3v) is 3.70. The summed E-state index contributed by atoms with van der Waals surface area (Å²) in [5.41, 5.74) is 5.12. The van der Waals surface area contributed by atoms with Crippen molar-refractivity contribution in [2.45, 2.75) is 4.90 Å². The van der Waals surface area contributed by atoms with Gasteiger partial charge in [-0.2, -0.15) is 8.42 Å². The summed E-state index contributed by atoms with van der Waals surface area (Å²) in [5, 5.41) is 0. The third kappa shape index (κ3) is 3.71. The minimum atomic E-state index is -4.08. The topological polar surface area (TPSA) is 85.3 Å². The van der Waals surface area contributed by atoms with Crippen LogP contribution in [0.1, 0.15) is 0 Å². The van der Waals surface area contributed by atoms with Crippen LogP contribution in [0.4, 0.5) is 11.4 Å². The van der Waals surface area contributed by atoms with Crippen molar-refractivity contribution in [1.29, 1.82) is 0 Å². The second-order valence-corrected chi connectivity index (χ2v) is 6.42. The molecule has 0 aliphatic rings. The summed E-state index contributed by atoms with van der Waals surface area (Å²) in [6.45, 7) is 0. The van der Waals surface area contributed by atoms with E-state index in [0.717, 1.165) is 5.69 Å². The summed E-state index contributed by atoms with van der Waals surface area (Å²) in [7, 11) is 0.00798. The normalized spacial score (nSPS) is 11.5. The molecule has 0 bridgehead atoms. The van der Waals surface area contributed by atoms with Crippen LogP contribution in [-0.2, 0) is 9.15 Å². The van der Waals surface area contributed by atoms with Crippen LogP contribution in [0.2, 0.25) is 0 Å². The highest BCUT2D eigenvalue weighted by Gasteiger charge is 2.14. The fourth-order valence-electron chi connectivity index (χ4n) is 1.01. The lowest BCUT2D eigenvalue weighted by Crippen LogP contribution is -2.40. The van der Waals surface area contributed by atoms with Gasteiger partial charge in [0.15, 0.2) is 0 Å². The molecule has 0 spiro atoms. The van der Waals surface area contributed by atoms with Gasteiger partial charge in [0.2, 0.25) is 0 Å². The molecule has 0 amide bonds. The molecule has 84 valence electrons. The van der Waals surface area contributed by atoms with E-state index in [1.807, 2.05) is 25.1 Å². The number of hydrogen-bond donors (Lipinski definition) is 2. The molecule has 0 aromatic heterocycles. The monoisotopic (exact) mass is 249 g/mol. The van der Waals surface area contributed by atoms with E-state index >= 15 is 0 Å². The van der Waals surface area contributed by atoms with Crippen LogP contribution in [0.15, 0.2) is 23.1 Å². The second-order valence-electron chi connectivity index (χ2n) is 3.20. The highest BCUT2D eigenvalue weighted by Crippen LogP contribution is 2.31. The Bertz CT molecular complexity index is 457. The maximum atomic E-state index is 10.7. The molecule has 0 unspecified atom stereocenters. The largest absolute Gasteiger partial charge is 0.378 e. The van der Waals surface area contributed by atoms with Gasteiger partial charge in [-0.15, -0.1) is 0 Å². The van der Waals surface area contributed by atoms with E-state index in [0.29, 0.717) is 21.4 Å². The lowest BCUT2D eigenvalue weighted by atomic mass is 10.3. The van der Waals surface area contributed by atoms with E-state index in [2.05, 4.69) is 5.73 Å². The summed E-state index contributed by atoms with van der Waals surface area (Å²) in [4.78, 5) is 2.27. The number of quaternary nitrogens is 1. The van der Waals surface area contributed by atoms with Gasteiger partial charge in [-0.25, -0.2) is 0 Å². The summed E-state index contributed by atoms with van der Waals surface area (Å²) in [5.74, 6) is 0. The van der Waals surface area contributed by atoms with E-state index in [1.54, 1.807) is 12.1 Å². The molecule has 0 saturated carbocycles. The molecular formula is C8H13N2O3S2+. The van der Waals surface area contributed by atoms with E-state index in [4.69, 9.17) is 4.55 Å². The smallest absolute Gasteiger partial charge is 0.324 e. The van der Waals surface area contributed by atoms with Gasteiger partial charge in [-0.3, -0.25) is 4.55 Å². The summed E-state index contributed by atoms with van der Waals surface area (Å²) in [6.07, 6.45) is 0. The van der Waals surface area contributed by atoms with Crippen molar-refractivity contribution in [1.82, 2.24) is 0 Å². The van der Waals surface area contributed by atoms with Crippen LogP contribution in [0, 0.1) is 0 Å². The summed E-state index contributed by atoms with van der Waals surface area (Å²) < 4.78 is 30.1. The zero-order valence-electron chi connectivity index (χ0n) is 8.47. The second kappa shape index (κ2) is 4.40. The van der Waals surface area contributed by atoms with Gasteiger partial charge in [-0.1, -0.05) is 0 Å². The first kappa shape index (κ1) is 12.3. The average Bonchev–Trinajstić information content (AvgIpc) is 2.06. The lowest BCUT2D eigenvalue weighted by Gasteiger charge is -2.13. The Morgan fingerprint density at radius 1 is 1.40 bits per heavy atom. The van der Waals surface area contributed by atoms with Crippen molar-refractivity contribution < 1.29 is 18.7 Å². The average molecular weight is 249 g/mol. The minimum Gasteiger partial charge on any atom is -0.378 e. The van der Waals surface area contributed by atoms with Crippen molar-refractivity contribution in [3.8, 4) is 0 Å². The highest BCUT2D eigenvalue weighted by molar-refractivity contribution is 8.70. The number of nitrogens with zero attached hydrogens (tertiary/aromatic N) is 1. The number of benzene rings is 1. The third-order valence-electron chi connectivity index (χ3n) is 1.76. The van der Waals surface area contributed by atoms with Gasteiger partial charge in [0, 0.05) is 36.6 Å². The predicted molar refractivity (Wildman–Crippen MR) is 60.7 cm³/mol. The zero-order valence-corrected chi connectivity index (χ0v) is 10.1. The molecule has 0 aliphatic carbocycles. The maximum absolute atomic E-state index is 10.7. The van der Waals surface area contributed by atoms with Crippen molar-refractivity contribution in [3.05, 3.63) is 18.2 Å². The fraction of sp³-hybridized carbons (Fsp3) is 0.250. The molecule has 7 heteroatoms. The molecule has 1 aromatic rings. The van der Waals surface area contributed by atoms with Crippen LogP contribution in [0.3, 0.4) is 0 Å². The quantitative estimate of drug-likeness (QED) is 0.602. The standard InChI is InChI=1S/C8H12N2O3S2/c1-10(2)6-3-4-7(9)8(5-6)14-15(11,12)13/h3-5H,9H2,1-2H3,(H,11,12,13)/p+1. The Labute approximate surface area is 92.4 Å². The number of anilines is 1. The summed E-state index contributed by atoms with van der Waals surface area (Å²) in [6, 6.07) is 5.21. The van der Waals surface area contributed by atoms with Gasteiger partial charge < -0.3 is 10.6 Å². The Morgan fingerprint density at radius 2 is 2.00 bits per heavy atom. The molecule has 1 aromatic carbocycles. The molecule has 15 heavy (non-hydrogen) atoms. The van der Waals surface area contributed by atoms with Crippen LogP contribution in [0.25, 0.3) is 0 Å². The molecule has 0 saturated heterocycles. The van der Waals surface area contributed by atoms with Crippen molar-refractivity contribution in [2.75, 3.05) is 19.0 Å². The van der Waals surface area contributed by atoms with Crippen molar-refractivity contribution in [3.63, 3.8) is 0 Å². The first-order valence-electron chi connectivity index (χ1n) is 4.10. The van der Waals surface area contributed by atoms with Gasteiger partial charge in [0.25, 0.3) is 0 Å². The van der Waals surface area contributed by atoms with Gasteiger partial charge in [-0.05, 0) is 12.1 Å². The van der Waals surface area contributed by atoms with Gasteiger partial charge in [0.1, 0.15) is 5.69 Å². The van der Waals surface area contributed by atoms with Crippen LogP contribution >= 0.6 is 10.8 Å².